The summed E-state index contributed by atoms with van der Waals surface area (Å²) in [5.41, 5.74) is 1.43. The molecule has 0 bridgehead atoms. The third-order valence-corrected chi connectivity index (χ3v) is 1.86. The molecule has 0 aliphatic heterocycles. The normalized spacial score (nSPS) is 8.50. The molecule has 0 radical (unpaired) electrons. The Kier molecular flexibility index (Phi) is 5.55. The lowest BCUT2D eigenvalue weighted by molar-refractivity contribution is -0.00000187. The van der Waals surface area contributed by atoms with Gasteiger partial charge >= 0.3 is 0 Å². The van der Waals surface area contributed by atoms with Crippen molar-refractivity contribution >= 4 is 11.8 Å². The highest BCUT2D eigenvalue weighted by Crippen LogP contribution is 1.98. The van der Waals surface area contributed by atoms with Crippen LogP contribution < -0.4 is 12.4 Å². The second-order valence-corrected chi connectivity index (χ2v) is 2.91. The van der Waals surface area contributed by atoms with Gasteiger partial charge in [-0.3, -0.25) is 0 Å². The Hall–Kier alpha value is -0.140. The summed E-state index contributed by atoms with van der Waals surface area (Å²) < 4.78 is 0. The minimum absolute atomic E-state index is 0. The summed E-state index contributed by atoms with van der Waals surface area (Å²) in [6.45, 7) is 0. The van der Waals surface area contributed by atoms with E-state index in [0.717, 1.165) is 0 Å². The van der Waals surface area contributed by atoms with Gasteiger partial charge in [-0.25, -0.2) is 0 Å². The molecule has 0 nitrogen and oxygen atoms in total. The van der Waals surface area contributed by atoms with E-state index in [2.05, 4.69) is 36.6 Å². The number of thiol groups is 1. The molecule has 0 heterocycles. The fourth-order valence-corrected chi connectivity index (χ4v) is 1.34. The Balaban J connectivity index is 0.000000810. The lowest BCUT2D eigenvalue weighted by Gasteiger charge is -1.88. The molecule has 0 aromatic heterocycles. The topological polar surface area (TPSA) is 0 Å². The van der Waals surface area contributed by atoms with Gasteiger partial charge in [-0.1, -0.05) is 30.3 Å². The fraction of sp³-hybridized carbons (Fsp3) is 0.250. The van der Waals surface area contributed by atoms with E-state index < -0.39 is 0 Å². The van der Waals surface area contributed by atoms with Crippen LogP contribution in [0.15, 0.2) is 30.3 Å². The van der Waals surface area contributed by atoms with E-state index in [0.29, 0.717) is 0 Å². The van der Waals surface area contributed by atoms with Crippen LogP contribution in [-0.4, -0.2) is 6.26 Å². The molecule has 0 N–H and O–H groups in total. The quantitative estimate of drug-likeness (QED) is 0.384. The molecule has 0 fully saturated rings. The van der Waals surface area contributed by atoms with Crippen molar-refractivity contribution in [3.8, 4) is 0 Å². The van der Waals surface area contributed by atoms with Crippen LogP contribution in [0.1, 0.15) is 5.56 Å². The summed E-state index contributed by atoms with van der Waals surface area (Å²) >= 11 is 1.44. The standard InChI is InChI=1S/C8H10S.ClH/c1-9-7-8-5-3-2-4-6-8;/h2-6H,7H2,1H3;1H. The maximum atomic E-state index is 2.17. The number of benzene rings is 1. The summed E-state index contributed by atoms with van der Waals surface area (Å²) in [7, 11) is 0. The molecule has 10 heavy (non-hydrogen) atoms. The van der Waals surface area contributed by atoms with E-state index in [9.17, 15) is 0 Å². The van der Waals surface area contributed by atoms with Gasteiger partial charge in [-0.05, 0) is 11.8 Å². The molecule has 0 atom stereocenters. The minimum Gasteiger partial charge on any atom is -1.00 e. The van der Waals surface area contributed by atoms with Gasteiger partial charge in [0.25, 0.3) is 0 Å². The summed E-state index contributed by atoms with van der Waals surface area (Å²) in [6.07, 6.45) is 2.17. The highest BCUT2D eigenvalue weighted by Gasteiger charge is 1.90. The van der Waals surface area contributed by atoms with Crippen molar-refractivity contribution in [2.75, 3.05) is 6.26 Å². The van der Waals surface area contributed by atoms with E-state index in [1.165, 1.54) is 23.1 Å². The Morgan fingerprint density at radius 2 is 1.80 bits per heavy atom. The van der Waals surface area contributed by atoms with E-state index >= 15 is 0 Å². The van der Waals surface area contributed by atoms with Crippen LogP contribution in [-0.2, 0) is 17.5 Å². The zero-order valence-corrected chi connectivity index (χ0v) is 7.57. The minimum atomic E-state index is 0. The van der Waals surface area contributed by atoms with Crippen LogP contribution in [0.4, 0.5) is 0 Å². The number of hydrogen-bond acceptors (Lipinski definition) is 0. The van der Waals surface area contributed by atoms with Crippen LogP contribution in [0.3, 0.4) is 0 Å². The van der Waals surface area contributed by atoms with Crippen molar-refractivity contribution < 1.29 is 12.4 Å². The van der Waals surface area contributed by atoms with Gasteiger partial charge in [0.1, 0.15) is 5.75 Å². The highest BCUT2D eigenvalue weighted by molar-refractivity contribution is 7.76. The summed E-state index contributed by atoms with van der Waals surface area (Å²) in [4.78, 5) is 0. The largest absolute Gasteiger partial charge is 1.00 e. The Bertz CT molecular complexity index is 162. The smallest absolute Gasteiger partial charge is 0.130 e. The Morgan fingerprint density at radius 1 is 1.20 bits per heavy atom. The fourth-order valence-electron chi connectivity index (χ4n) is 0.766. The summed E-state index contributed by atoms with van der Waals surface area (Å²) in [6, 6.07) is 10.5. The first kappa shape index (κ1) is 9.86. The van der Waals surface area contributed by atoms with Crippen molar-refractivity contribution in [1.29, 1.82) is 0 Å². The highest BCUT2D eigenvalue weighted by atomic mass is 35.5. The molecular weight excluding hydrogens is 164 g/mol. The molecule has 0 saturated carbocycles. The molecule has 0 aliphatic rings. The Morgan fingerprint density at radius 3 is 2.30 bits per heavy atom. The molecule has 0 spiro atoms. The zero-order valence-electron chi connectivity index (χ0n) is 5.92. The predicted octanol–water partition coefficient (Wildman–Crippen LogP) is -1.36. The van der Waals surface area contributed by atoms with Crippen molar-refractivity contribution in [3.63, 3.8) is 0 Å². The second-order valence-electron chi connectivity index (χ2n) is 1.96. The van der Waals surface area contributed by atoms with Crippen molar-refractivity contribution in [2.24, 2.45) is 0 Å². The number of hydrogen-bond donors (Lipinski definition) is 0. The Labute approximate surface area is 72.4 Å². The lowest BCUT2D eigenvalue weighted by atomic mass is 10.2. The van der Waals surface area contributed by atoms with Crippen LogP contribution >= 0.6 is 0 Å². The number of rotatable bonds is 2. The molecule has 56 valence electrons. The predicted molar refractivity (Wildman–Crippen MR) is 44.8 cm³/mol. The van der Waals surface area contributed by atoms with Crippen molar-refractivity contribution in [2.45, 2.75) is 5.75 Å². The second kappa shape index (κ2) is 5.63. The van der Waals surface area contributed by atoms with E-state index in [1.54, 1.807) is 0 Å². The molecule has 1 rings (SSSR count). The van der Waals surface area contributed by atoms with Crippen LogP contribution in [0.25, 0.3) is 0 Å². The summed E-state index contributed by atoms with van der Waals surface area (Å²) in [5, 5.41) is 0. The maximum Gasteiger partial charge on any atom is 0.130 e. The lowest BCUT2D eigenvalue weighted by Crippen LogP contribution is -3.00. The van der Waals surface area contributed by atoms with Gasteiger partial charge in [0, 0.05) is 5.56 Å². The third kappa shape index (κ3) is 3.14. The number of halogens is 1. The molecule has 0 amide bonds. The molecule has 1 aromatic carbocycles. The van der Waals surface area contributed by atoms with Crippen molar-refractivity contribution in [3.05, 3.63) is 35.9 Å². The third-order valence-electron chi connectivity index (χ3n) is 1.18. The summed E-state index contributed by atoms with van der Waals surface area (Å²) in [5.74, 6) is 1.18. The molecule has 2 heteroatoms. The molecular formula is C8H11ClS. The van der Waals surface area contributed by atoms with Gasteiger partial charge in [0.15, 0.2) is 0 Å². The molecule has 1 aromatic rings. The van der Waals surface area contributed by atoms with Crippen LogP contribution in [0, 0.1) is 0 Å². The van der Waals surface area contributed by atoms with Gasteiger partial charge in [0.2, 0.25) is 0 Å². The van der Waals surface area contributed by atoms with E-state index in [4.69, 9.17) is 0 Å². The van der Waals surface area contributed by atoms with Crippen LogP contribution in [0.5, 0.6) is 0 Å². The average molecular weight is 175 g/mol. The SMILES string of the molecule is C[SH+]Cc1ccccc1.[Cl-]. The van der Waals surface area contributed by atoms with Crippen molar-refractivity contribution in [1.82, 2.24) is 0 Å². The first-order chi connectivity index (χ1) is 4.43. The molecule has 0 saturated heterocycles. The molecule has 0 unspecified atom stereocenters. The monoisotopic (exact) mass is 174 g/mol. The van der Waals surface area contributed by atoms with Gasteiger partial charge in [-0.15, -0.1) is 0 Å². The van der Waals surface area contributed by atoms with Gasteiger partial charge in [-0.2, -0.15) is 0 Å². The van der Waals surface area contributed by atoms with Gasteiger partial charge in [0.05, 0.1) is 6.26 Å². The van der Waals surface area contributed by atoms with E-state index in [1.807, 2.05) is 0 Å². The van der Waals surface area contributed by atoms with Crippen LogP contribution in [0.2, 0.25) is 0 Å². The first-order valence-electron chi connectivity index (χ1n) is 3.03. The maximum absolute atomic E-state index is 2.17. The zero-order chi connectivity index (χ0) is 6.53. The molecule has 0 aliphatic carbocycles. The van der Waals surface area contributed by atoms with E-state index in [-0.39, 0.29) is 12.4 Å². The first-order valence-corrected chi connectivity index (χ1v) is 4.55. The average Bonchev–Trinajstić information content (AvgIpc) is 1.91. The van der Waals surface area contributed by atoms with Gasteiger partial charge < -0.3 is 12.4 Å².